The van der Waals surface area contributed by atoms with Gasteiger partial charge in [-0.25, -0.2) is 4.98 Å². The second-order valence-corrected chi connectivity index (χ2v) is 5.39. The zero-order chi connectivity index (χ0) is 14.9. The Balaban J connectivity index is 2.41. The summed E-state index contributed by atoms with van der Waals surface area (Å²) in [4.78, 5) is 3.52. The summed E-state index contributed by atoms with van der Waals surface area (Å²) in [5.74, 6) is 0.00370. The number of alkyl halides is 3. The summed E-state index contributed by atoms with van der Waals surface area (Å²) in [5.41, 5.74) is -0.631. The lowest BCUT2D eigenvalue weighted by molar-refractivity contribution is -0.141. The van der Waals surface area contributed by atoms with Crippen LogP contribution in [-0.4, -0.2) is 4.98 Å². The number of halogens is 6. The first-order chi connectivity index (χ1) is 9.29. The van der Waals surface area contributed by atoms with Crippen molar-refractivity contribution < 1.29 is 13.2 Å². The third-order valence-electron chi connectivity index (χ3n) is 2.34. The van der Waals surface area contributed by atoms with E-state index in [4.69, 9.17) is 23.2 Å². The number of hydrogen-bond donors (Lipinski definition) is 1. The average molecular weight is 386 g/mol. The van der Waals surface area contributed by atoms with Crippen molar-refractivity contribution in [2.24, 2.45) is 0 Å². The third-order valence-corrected chi connectivity index (χ3v) is 3.80. The van der Waals surface area contributed by atoms with Crippen LogP contribution >= 0.6 is 39.1 Å². The molecule has 2 rings (SSSR count). The average Bonchev–Trinajstić information content (AvgIpc) is 2.36. The molecule has 0 aliphatic heterocycles. The Hall–Kier alpha value is -0.980. The molecule has 0 spiro atoms. The lowest BCUT2D eigenvalue weighted by atomic mass is 10.3. The highest BCUT2D eigenvalue weighted by Gasteiger charge is 2.33. The summed E-state index contributed by atoms with van der Waals surface area (Å²) < 4.78 is 38.3. The van der Waals surface area contributed by atoms with E-state index in [0.29, 0.717) is 15.2 Å². The Morgan fingerprint density at radius 1 is 1.10 bits per heavy atom. The second-order valence-electron chi connectivity index (χ2n) is 3.75. The molecule has 1 N–H and O–H groups in total. The minimum absolute atomic E-state index is 0.00370. The number of rotatable bonds is 2. The topological polar surface area (TPSA) is 24.9 Å². The number of aromatic nitrogens is 1. The molecule has 2 aromatic rings. The predicted molar refractivity (Wildman–Crippen MR) is 76.7 cm³/mol. The van der Waals surface area contributed by atoms with Crippen LogP contribution in [0.15, 0.2) is 34.8 Å². The molecule has 1 aromatic carbocycles. The SMILES string of the molecule is FC(F)(F)c1ccc(Br)c(Nc2cccc(Cl)c2Cl)n1. The van der Waals surface area contributed by atoms with E-state index in [0.717, 1.165) is 6.07 Å². The quantitative estimate of drug-likeness (QED) is 0.694. The van der Waals surface area contributed by atoms with Gasteiger partial charge in [0.2, 0.25) is 0 Å². The molecule has 0 aliphatic rings. The number of nitrogens with zero attached hydrogens (tertiary/aromatic N) is 1. The Morgan fingerprint density at radius 2 is 1.80 bits per heavy atom. The lowest BCUT2D eigenvalue weighted by Gasteiger charge is -2.12. The highest BCUT2D eigenvalue weighted by Crippen LogP contribution is 2.35. The summed E-state index contributed by atoms with van der Waals surface area (Å²) in [6.45, 7) is 0. The zero-order valence-electron chi connectivity index (χ0n) is 9.60. The smallest absolute Gasteiger partial charge is 0.338 e. The molecule has 0 bridgehead atoms. The van der Waals surface area contributed by atoms with E-state index in [-0.39, 0.29) is 10.8 Å². The van der Waals surface area contributed by atoms with Crippen LogP contribution < -0.4 is 5.32 Å². The fourth-order valence-corrected chi connectivity index (χ4v) is 2.08. The fraction of sp³-hybridized carbons (Fsp3) is 0.0833. The molecule has 0 fully saturated rings. The number of benzene rings is 1. The number of hydrogen-bond acceptors (Lipinski definition) is 2. The largest absolute Gasteiger partial charge is 0.433 e. The minimum atomic E-state index is -4.52. The Kier molecular flexibility index (Phi) is 4.46. The molecule has 0 atom stereocenters. The normalized spacial score (nSPS) is 11.5. The highest BCUT2D eigenvalue weighted by atomic mass is 79.9. The first-order valence-corrected chi connectivity index (χ1v) is 6.78. The van der Waals surface area contributed by atoms with Gasteiger partial charge in [0, 0.05) is 0 Å². The summed E-state index contributed by atoms with van der Waals surface area (Å²) in [5, 5.41) is 3.22. The lowest BCUT2D eigenvalue weighted by Crippen LogP contribution is -2.09. The fourth-order valence-electron chi connectivity index (χ4n) is 1.42. The van der Waals surface area contributed by atoms with E-state index in [2.05, 4.69) is 26.2 Å². The maximum absolute atomic E-state index is 12.6. The summed E-state index contributed by atoms with van der Waals surface area (Å²) in [6.07, 6.45) is -4.52. The van der Waals surface area contributed by atoms with E-state index >= 15 is 0 Å². The van der Waals surface area contributed by atoms with Gasteiger partial charge in [-0.1, -0.05) is 29.3 Å². The summed E-state index contributed by atoms with van der Waals surface area (Å²) in [6, 6.07) is 6.93. The Morgan fingerprint density at radius 3 is 2.45 bits per heavy atom. The molecule has 0 amide bonds. The number of nitrogens with one attached hydrogen (secondary N) is 1. The predicted octanol–water partition coefficient (Wildman–Crippen LogP) is 5.91. The monoisotopic (exact) mass is 384 g/mol. The van der Waals surface area contributed by atoms with Crippen LogP contribution in [0, 0.1) is 0 Å². The van der Waals surface area contributed by atoms with Crippen molar-refractivity contribution in [2.45, 2.75) is 6.18 Å². The molecule has 0 saturated heterocycles. The van der Waals surface area contributed by atoms with Gasteiger partial charge in [0.25, 0.3) is 0 Å². The van der Waals surface area contributed by atoms with Gasteiger partial charge in [-0.15, -0.1) is 0 Å². The van der Waals surface area contributed by atoms with E-state index < -0.39 is 11.9 Å². The number of anilines is 2. The van der Waals surface area contributed by atoms with Crippen LogP contribution in [-0.2, 0) is 6.18 Å². The number of pyridine rings is 1. The second kappa shape index (κ2) is 5.79. The van der Waals surface area contributed by atoms with Gasteiger partial charge in [0.05, 0.1) is 20.2 Å². The first-order valence-electron chi connectivity index (χ1n) is 5.24. The molecule has 2 nitrogen and oxygen atoms in total. The van der Waals surface area contributed by atoms with E-state index in [1.807, 2.05) is 0 Å². The zero-order valence-corrected chi connectivity index (χ0v) is 12.7. The molecule has 20 heavy (non-hydrogen) atoms. The van der Waals surface area contributed by atoms with Gasteiger partial charge in [-0.2, -0.15) is 13.2 Å². The van der Waals surface area contributed by atoms with Crippen molar-refractivity contribution >= 4 is 50.6 Å². The van der Waals surface area contributed by atoms with Crippen LogP contribution in [0.2, 0.25) is 10.0 Å². The third kappa shape index (κ3) is 3.37. The van der Waals surface area contributed by atoms with Crippen molar-refractivity contribution in [1.29, 1.82) is 0 Å². The molecular formula is C12H6BrCl2F3N2. The van der Waals surface area contributed by atoms with Crippen molar-refractivity contribution in [3.63, 3.8) is 0 Å². The van der Waals surface area contributed by atoms with Gasteiger partial charge in [-0.05, 0) is 40.2 Å². The van der Waals surface area contributed by atoms with Crippen molar-refractivity contribution in [2.75, 3.05) is 5.32 Å². The van der Waals surface area contributed by atoms with Gasteiger partial charge >= 0.3 is 6.18 Å². The maximum Gasteiger partial charge on any atom is 0.433 e. The molecule has 0 unspecified atom stereocenters. The minimum Gasteiger partial charge on any atom is -0.338 e. The maximum atomic E-state index is 12.6. The standard InChI is InChI=1S/C12H6BrCl2F3N2/c13-6-4-5-9(12(16,17)18)20-11(6)19-8-3-1-2-7(14)10(8)15/h1-5H,(H,19,20). The van der Waals surface area contributed by atoms with Crippen LogP contribution in [0.25, 0.3) is 0 Å². The van der Waals surface area contributed by atoms with E-state index in [1.54, 1.807) is 18.2 Å². The van der Waals surface area contributed by atoms with Crippen molar-refractivity contribution in [3.05, 3.63) is 50.5 Å². The highest BCUT2D eigenvalue weighted by molar-refractivity contribution is 9.10. The molecule has 1 heterocycles. The van der Waals surface area contributed by atoms with Gasteiger partial charge in [-0.3, -0.25) is 0 Å². The van der Waals surface area contributed by atoms with Crippen molar-refractivity contribution in [1.82, 2.24) is 4.98 Å². The Bertz CT molecular complexity index is 647. The summed E-state index contributed by atoms with van der Waals surface area (Å²) in [7, 11) is 0. The van der Waals surface area contributed by atoms with Gasteiger partial charge in [0.15, 0.2) is 0 Å². The van der Waals surface area contributed by atoms with Gasteiger partial charge in [0.1, 0.15) is 11.5 Å². The molecule has 0 saturated carbocycles. The van der Waals surface area contributed by atoms with Gasteiger partial charge < -0.3 is 5.32 Å². The van der Waals surface area contributed by atoms with E-state index in [1.165, 1.54) is 6.07 Å². The molecule has 1 aromatic heterocycles. The summed E-state index contributed by atoms with van der Waals surface area (Å²) >= 11 is 14.9. The van der Waals surface area contributed by atoms with Crippen LogP contribution in [0.5, 0.6) is 0 Å². The van der Waals surface area contributed by atoms with Crippen LogP contribution in [0.3, 0.4) is 0 Å². The van der Waals surface area contributed by atoms with Crippen LogP contribution in [0.4, 0.5) is 24.7 Å². The molecule has 106 valence electrons. The Labute approximate surface area is 131 Å². The van der Waals surface area contributed by atoms with E-state index in [9.17, 15) is 13.2 Å². The molecule has 0 radical (unpaired) electrons. The van der Waals surface area contributed by atoms with Crippen LogP contribution in [0.1, 0.15) is 5.69 Å². The molecular weight excluding hydrogens is 380 g/mol. The first kappa shape index (κ1) is 15.4. The molecule has 0 aliphatic carbocycles. The molecule has 8 heteroatoms. The van der Waals surface area contributed by atoms with Crippen molar-refractivity contribution in [3.8, 4) is 0 Å².